The molecule has 1 amide bonds. The van der Waals surface area contributed by atoms with Gasteiger partial charge in [-0.3, -0.25) is 19.2 Å². The van der Waals surface area contributed by atoms with Crippen LogP contribution in [-0.4, -0.2) is 39.7 Å². The molecule has 1 aliphatic rings. The summed E-state index contributed by atoms with van der Waals surface area (Å²) in [5.74, 6) is 1.09. The highest BCUT2D eigenvalue weighted by molar-refractivity contribution is 7.92. The maximum atomic E-state index is 13.6. The number of sulfonamides is 1. The van der Waals surface area contributed by atoms with Gasteiger partial charge in [0.1, 0.15) is 12.3 Å². The summed E-state index contributed by atoms with van der Waals surface area (Å²) in [6.45, 7) is 1.21. The second-order valence-electron chi connectivity index (χ2n) is 7.88. The van der Waals surface area contributed by atoms with Gasteiger partial charge >= 0.3 is 0 Å². The number of ether oxygens (including phenoxy) is 3. The van der Waals surface area contributed by atoms with E-state index in [4.69, 9.17) is 14.2 Å². The molecule has 0 aliphatic carbocycles. The summed E-state index contributed by atoms with van der Waals surface area (Å²) < 4.78 is 43.8. The first kappa shape index (κ1) is 24.8. The Labute approximate surface area is 207 Å². The van der Waals surface area contributed by atoms with Crippen LogP contribution in [0.5, 0.6) is 17.2 Å². The van der Waals surface area contributed by atoms with Gasteiger partial charge in [-0.25, -0.2) is 8.42 Å². The molecule has 3 aromatic carbocycles. The standard InChI is InChI=1S/C24H23N3O8S/c1-16-3-9-20(12-21(16)27(29)30)36(31,32)26(18-5-7-19(33-2)8-6-18)14-24(28)25-13-17-4-10-22-23(11-17)35-15-34-22/h3-12H,13-15H2,1-2H3,(H,25,28). The normalized spacial score (nSPS) is 12.2. The van der Waals surface area contributed by atoms with Crippen LogP contribution in [0.2, 0.25) is 0 Å². The van der Waals surface area contributed by atoms with Crippen molar-refractivity contribution in [3.05, 3.63) is 81.9 Å². The summed E-state index contributed by atoms with van der Waals surface area (Å²) in [6, 6.07) is 14.9. The lowest BCUT2D eigenvalue weighted by molar-refractivity contribution is -0.385. The fourth-order valence-corrected chi connectivity index (χ4v) is 5.02. The second kappa shape index (κ2) is 10.1. The molecule has 0 aromatic heterocycles. The third kappa shape index (κ3) is 5.18. The van der Waals surface area contributed by atoms with Gasteiger partial charge in [0, 0.05) is 18.2 Å². The Morgan fingerprint density at radius 1 is 1.08 bits per heavy atom. The van der Waals surface area contributed by atoms with Crippen LogP contribution in [0.15, 0.2) is 65.6 Å². The van der Waals surface area contributed by atoms with Crippen LogP contribution in [0, 0.1) is 17.0 Å². The molecule has 1 heterocycles. The van der Waals surface area contributed by atoms with Crippen molar-refractivity contribution in [2.45, 2.75) is 18.4 Å². The number of methoxy groups -OCH3 is 1. The predicted molar refractivity (Wildman–Crippen MR) is 130 cm³/mol. The maximum absolute atomic E-state index is 13.6. The number of anilines is 1. The van der Waals surface area contributed by atoms with Crippen molar-refractivity contribution >= 4 is 27.3 Å². The van der Waals surface area contributed by atoms with Crippen LogP contribution in [0.4, 0.5) is 11.4 Å². The highest BCUT2D eigenvalue weighted by Gasteiger charge is 2.29. The van der Waals surface area contributed by atoms with Crippen LogP contribution >= 0.6 is 0 Å². The smallest absolute Gasteiger partial charge is 0.273 e. The Balaban J connectivity index is 1.60. The number of amides is 1. The molecule has 188 valence electrons. The maximum Gasteiger partial charge on any atom is 0.273 e. The van der Waals surface area contributed by atoms with E-state index in [9.17, 15) is 23.3 Å². The van der Waals surface area contributed by atoms with Crippen molar-refractivity contribution < 1.29 is 32.3 Å². The first-order valence-electron chi connectivity index (χ1n) is 10.8. The van der Waals surface area contributed by atoms with E-state index in [1.165, 1.54) is 38.3 Å². The Kier molecular flexibility index (Phi) is 6.97. The molecule has 0 saturated heterocycles. The molecule has 0 bridgehead atoms. The summed E-state index contributed by atoms with van der Waals surface area (Å²) in [5.41, 5.74) is 0.910. The predicted octanol–water partition coefficient (Wildman–Crippen LogP) is 3.15. The summed E-state index contributed by atoms with van der Waals surface area (Å²) >= 11 is 0. The molecule has 0 saturated carbocycles. The minimum atomic E-state index is -4.34. The van der Waals surface area contributed by atoms with Crippen molar-refractivity contribution in [3.8, 4) is 17.2 Å². The SMILES string of the molecule is COc1ccc(N(CC(=O)NCc2ccc3c(c2)OCO3)S(=O)(=O)c2ccc(C)c([N+](=O)[O-])c2)cc1. The molecule has 36 heavy (non-hydrogen) atoms. The Morgan fingerprint density at radius 2 is 1.81 bits per heavy atom. The van der Waals surface area contributed by atoms with E-state index < -0.39 is 27.4 Å². The molecule has 3 aromatic rings. The summed E-state index contributed by atoms with van der Waals surface area (Å²) in [5, 5.41) is 14.1. The van der Waals surface area contributed by atoms with E-state index in [-0.39, 0.29) is 29.6 Å². The average Bonchev–Trinajstić information content (AvgIpc) is 3.34. The Bertz CT molecular complexity index is 1410. The van der Waals surface area contributed by atoms with Gasteiger partial charge in [-0.2, -0.15) is 0 Å². The number of carbonyl (C=O) groups excluding carboxylic acids is 1. The van der Waals surface area contributed by atoms with Crippen LogP contribution in [0.3, 0.4) is 0 Å². The quantitative estimate of drug-likeness (QED) is 0.340. The van der Waals surface area contributed by atoms with Crippen LogP contribution < -0.4 is 23.8 Å². The molecule has 0 unspecified atom stereocenters. The molecule has 1 N–H and O–H groups in total. The number of hydrogen-bond donors (Lipinski definition) is 1. The fourth-order valence-electron chi connectivity index (χ4n) is 3.58. The van der Waals surface area contributed by atoms with Gasteiger partial charge in [0.2, 0.25) is 12.7 Å². The molecule has 0 spiro atoms. The van der Waals surface area contributed by atoms with E-state index in [1.54, 1.807) is 30.3 Å². The number of aryl methyl sites for hydroxylation is 1. The van der Waals surface area contributed by atoms with Crippen LogP contribution in [0.1, 0.15) is 11.1 Å². The Morgan fingerprint density at radius 3 is 2.50 bits per heavy atom. The molecular formula is C24H23N3O8S. The first-order chi connectivity index (χ1) is 17.2. The Hall–Kier alpha value is -4.32. The number of rotatable bonds is 9. The highest BCUT2D eigenvalue weighted by atomic mass is 32.2. The number of nitro groups is 1. The first-order valence-corrected chi connectivity index (χ1v) is 12.2. The molecule has 0 fully saturated rings. The molecule has 11 nitrogen and oxygen atoms in total. The van der Waals surface area contributed by atoms with Crippen LogP contribution in [0.25, 0.3) is 0 Å². The zero-order valence-corrected chi connectivity index (χ0v) is 20.3. The van der Waals surface area contributed by atoms with E-state index in [0.29, 0.717) is 22.8 Å². The summed E-state index contributed by atoms with van der Waals surface area (Å²) in [6.07, 6.45) is 0. The van der Waals surface area contributed by atoms with Gasteiger partial charge in [0.25, 0.3) is 15.7 Å². The van der Waals surface area contributed by atoms with Gasteiger partial charge < -0.3 is 19.5 Å². The average molecular weight is 514 g/mol. The number of hydrogen-bond acceptors (Lipinski definition) is 8. The molecule has 1 aliphatic heterocycles. The van der Waals surface area contributed by atoms with Crippen molar-refractivity contribution in [2.24, 2.45) is 0 Å². The number of nitrogens with one attached hydrogen (secondary N) is 1. The van der Waals surface area contributed by atoms with Gasteiger partial charge in [0.05, 0.1) is 22.6 Å². The lowest BCUT2D eigenvalue weighted by atomic mass is 10.2. The third-order valence-corrected chi connectivity index (χ3v) is 7.31. The molecular weight excluding hydrogens is 490 g/mol. The van der Waals surface area contributed by atoms with Gasteiger partial charge in [-0.05, 0) is 55.0 Å². The topological polar surface area (TPSA) is 137 Å². The number of nitro benzene ring substituents is 1. The van der Waals surface area contributed by atoms with E-state index in [1.807, 2.05) is 0 Å². The zero-order chi connectivity index (χ0) is 25.9. The minimum absolute atomic E-state index is 0.122. The highest BCUT2D eigenvalue weighted by Crippen LogP contribution is 2.32. The number of fused-ring (bicyclic) bond motifs is 1. The molecule has 4 rings (SSSR count). The lowest BCUT2D eigenvalue weighted by Crippen LogP contribution is -2.40. The van der Waals surface area contributed by atoms with Gasteiger partial charge in [0.15, 0.2) is 11.5 Å². The van der Waals surface area contributed by atoms with Crippen molar-refractivity contribution in [2.75, 3.05) is 24.8 Å². The third-order valence-electron chi connectivity index (χ3n) is 5.54. The molecule has 0 atom stereocenters. The largest absolute Gasteiger partial charge is 0.497 e. The monoisotopic (exact) mass is 513 g/mol. The van der Waals surface area contributed by atoms with E-state index in [0.717, 1.165) is 15.9 Å². The zero-order valence-electron chi connectivity index (χ0n) is 19.5. The van der Waals surface area contributed by atoms with Crippen LogP contribution in [-0.2, 0) is 21.4 Å². The fraction of sp³-hybridized carbons (Fsp3) is 0.208. The number of nitrogens with zero attached hydrogens (tertiary/aromatic N) is 2. The van der Waals surface area contributed by atoms with Crippen molar-refractivity contribution in [3.63, 3.8) is 0 Å². The van der Waals surface area contributed by atoms with E-state index >= 15 is 0 Å². The lowest BCUT2D eigenvalue weighted by Gasteiger charge is -2.24. The summed E-state index contributed by atoms with van der Waals surface area (Å²) in [4.78, 5) is 23.3. The van der Waals surface area contributed by atoms with Gasteiger partial charge in [-0.1, -0.05) is 12.1 Å². The summed E-state index contributed by atoms with van der Waals surface area (Å²) in [7, 11) is -2.87. The number of carbonyl (C=O) groups is 1. The second-order valence-corrected chi connectivity index (χ2v) is 9.74. The van der Waals surface area contributed by atoms with Crippen molar-refractivity contribution in [1.82, 2.24) is 5.32 Å². The molecule has 0 radical (unpaired) electrons. The molecule has 12 heteroatoms. The van der Waals surface area contributed by atoms with E-state index in [2.05, 4.69) is 5.32 Å². The van der Waals surface area contributed by atoms with Gasteiger partial charge in [-0.15, -0.1) is 0 Å². The number of benzene rings is 3. The van der Waals surface area contributed by atoms with Crippen molar-refractivity contribution in [1.29, 1.82) is 0 Å². The minimum Gasteiger partial charge on any atom is -0.497 e.